The van der Waals surface area contributed by atoms with Crippen LogP contribution in [0.5, 0.6) is 0 Å². The Morgan fingerprint density at radius 1 is 1.70 bits per heavy atom. The number of hydrogen-bond donors (Lipinski definition) is 2. The summed E-state index contributed by atoms with van der Waals surface area (Å²) in [4.78, 5) is 7.79. The third-order valence-corrected chi connectivity index (χ3v) is 1.10. The zero-order chi connectivity index (χ0) is 7.56. The molecule has 0 saturated carbocycles. The van der Waals surface area contributed by atoms with Gasteiger partial charge in [-0.25, -0.2) is 10.8 Å². The molecule has 5 heteroatoms. The lowest BCUT2D eigenvalue weighted by Gasteiger charge is -2.01. The molecule has 1 aromatic rings. The Morgan fingerprint density at radius 2 is 2.40 bits per heavy atom. The molecule has 3 N–H and O–H groups in total. The first-order valence-electron chi connectivity index (χ1n) is 2.80. The highest BCUT2D eigenvalue weighted by atomic mass is 15.3. The van der Waals surface area contributed by atoms with Crippen molar-refractivity contribution in [3.05, 3.63) is 11.9 Å². The fourth-order valence-electron chi connectivity index (χ4n) is 0.641. The molecule has 0 atom stereocenters. The van der Waals surface area contributed by atoms with Gasteiger partial charge in [-0.3, -0.25) is 4.98 Å². The second-order valence-corrected chi connectivity index (χ2v) is 1.87. The molecule has 0 unspecified atom stereocenters. The summed E-state index contributed by atoms with van der Waals surface area (Å²) in [6.07, 6.45) is 1.45. The summed E-state index contributed by atoms with van der Waals surface area (Å²) in [6.45, 7) is 1.78. The number of nitrogens with one attached hydrogen (secondary N) is 1. The second kappa shape index (κ2) is 2.66. The van der Waals surface area contributed by atoms with Crippen LogP contribution in [0.4, 0.5) is 5.82 Å². The number of rotatable bonds is 1. The first kappa shape index (κ1) is 7.02. The van der Waals surface area contributed by atoms with Crippen molar-refractivity contribution in [1.82, 2.24) is 9.97 Å². The monoisotopic (exact) mass is 134 g/mol. The quantitative estimate of drug-likeness (QED) is 0.289. The van der Waals surface area contributed by atoms with Crippen molar-refractivity contribution in [2.24, 2.45) is 5.84 Å². The molecule has 2 radical (unpaired) electrons. The summed E-state index contributed by atoms with van der Waals surface area (Å²) < 4.78 is 0. The molecule has 4 nitrogen and oxygen atoms in total. The number of nitrogens with two attached hydrogens (primary N) is 1. The van der Waals surface area contributed by atoms with E-state index in [2.05, 4.69) is 15.4 Å². The maximum atomic E-state index is 5.34. The number of aromatic nitrogens is 2. The lowest BCUT2D eigenvalue weighted by molar-refractivity contribution is 1.12. The molecule has 1 heterocycles. The molecule has 0 aliphatic rings. The number of aryl methyl sites for hydroxylation is 1. The highest BCUT2D eigenvalue weighted by Crippen LogP contribution is 2.00. The molecule has 1 rings (SSSR count). The van der Waals surface area contributed by atoms with Crippen LogP contribution in [0.2, 0.25) is 0 Å². The Bertz CT molecular complexity index is 237. The van der Waals surface area contributed by atoms with Gasteiger partial charge in [0, 0.05) is 11.8 Å². The minimum atomic E-state index is 0.400. The predicted molar refractivity (Wildman–Crippen MR) is 40.0 cm³/mol. The van der Waals surface area contributed by atoms with Crippen molar-refractivity contribution in [2.45, 2.75) is 6.92 Å². The van der Waals surface area contributed by atoms with Crippen LogP contribution in [0.1, 0.15) is 5.69 Å². The Balaban J connectivity index is 3.07. The maximum Gasteiger partial charge on any atom is 0.161 e. The van der Waals surface area contributed by atoms with E-state index in [1.807, 2.05) is 0 Å². The third kappa shape index (κ3) is 1.25. The summed E-state index contributed by atoms with van der Waals surface area (Å²) in [5.41, 5.74) is 3.49. The van der Waals surface area contributed by atoms with Crippen molar-refractivity contribution in [3.8, 4) is 0 Å². The van der Waals surface area contributed by atoms with Crippen LogP contribution >= 0.6 is 0 Å². The zero-order valence-corrected chi connectivity index (χ0v) is 5.63. The van der Waals surface area contributed by atoms with E-state index < -0.39 is 0 Å². The summed E-state index contributed by atoms with van der Waals surface area (Å²) >= 11 is 0. The first-order valence-corrected chi connectivity index (χ1v) is 2.80. The van der Waals surface area contributed by atoms with E-state index >= 15 is 0 Å². The first-order chi connectivity index (χ1) is 4.74. The van der Waals surface area contributed by atoms with E-state index in [-0.39, 0.29) is 0 Å². The van der Waals surface area contributed by atoms with Crippen molar-refractivity contribution in [2.75, 3.05) is 5.43 Å². The van der Waals surface area contributed by atoms with Gasteiger partial charge in [-0.15, -0.1) is 0 Å². The number of nitrogen functional groups attached to an aromatic ring is 1. The van der Waals surface area contributed by atoms with E-state index in [9.17, 15) is 0 Å². The average molecular weight is 134 g/mol. The van der Waals surface area contributed by atoms with Crippen molar-refractivity contribution >= 4 is 19.3 Å². The van der Waals surface area contributed by atoms with Crippen LogP contribution in [-0.2, 0) is 0 Å². The summed E-state index contributed by atoms with van der Waals surface area (Å²) in [6, 6.07) is 0. The molecule has 0 aliphatic heterocycles. The van der Waals surface area contributed by atoms with Gasteiger partial charge in [0.05, 0.1) is 5.69 Å². The van der Waals surface area contributed by atoms with Crippen molar-refractivity contribution in [3.63, 3.8) is 0 Å². The minimum absolute atomic E-state index is 0.400. The molecule has 0 aliphatic carbocycles. The van der Waals surface area contributed by atoms with Gasteiger partial charge in [0.1, 0.15) is 7.85 Å². The maximum absolute atomic E-state index is 5.34. The van der Waals surface area contributed by atoms with Gasteiger partial charge in [0.25, 0.3) is 0 Å². The van der Waals surface area contributed by atoms with Gasteiger partial charge in [0.15, 0.2) is 5.82 Å². The van der Waals surface area contributed by atoms with Crippen LogP contribution in [0.3, 0.4) is 0 Å². The smallest absolute Gasteiger partial charge is 0.161 e. The summed E-state index contributed by atoms with van der Waals surface area (Å²) in [7, 11) is 5.34. The van der Waals surface area contributed by atoms with Crippen LogP contribution in [0.25, 0.3) is 0 Å². The van der Waals surface area contributed by atoms with E-state index in [1.165, 1.54) is 6.20 Å². The third-order valence-electron chi connectivity index (χ3n) is 1.10. The molecule has 0 spiro atoms. The Kier molecular flexibility index (Phi) is 1.87. The topological polar surface area (TPSA) is 63.8 Å². The fraction of sp³-hybridized carbons (Fsp3) is 0.200. The second-order valence-electron chi connectivity index (χ2n) is 1.87. The molecule has 0 aromatic carbocycles. The molecule has 1 aromatic heterocycles. The van der Waals surface area contributed by atoms with E-state index in [0.717, 1.165) is 0 Å². The zero-order valence-electron chi connectivity index (χ0n) is 5.63. The van der Waals surface area contributed by atoms with Gasteiger partial charge in [-0.05, 0) is 6.92 Å². The molecular weight excluding hydrogens is 127 g/mol. The summed E-state index contributed by atoms with van der Waals surface area (Å²) in [5.74, 6) is 5.66. The largest absolute Gasteiger partial charge is 0.307 e. The van der Waals surface area contributed by atoms with E-state index in [0.29, 0.717) is 17.1 Å². The Morgan fingerprint density at radius 3 is 2.90 bits per heavy atom. The minimum Gasteiger partial charge on any atom is -0.307 e. The molecule has 50 valence electrons. The SMILES string of the molecule is [B]c1cnc(NN)c(C)n1. The van der Waals surface area contributed by atoms with E-state index in [1.54, 1.807) is 6.92 Å². The standard InChI is InChI=1S/C5H7BN4/c1-3-5(10-7)8-2-4(6)9-3/h2H,7H2,1H3,(H,8,10). The highest BCUT2D eigenvalue weighted by Gasteiger charge is 1.96. The van der Waals surface area contributed by atoms with Gasteiger partial charge < -0.3 is 5.43 Å². The van der Waals surface area contributed by atoms with Crippen molar-refractivity contribution in [1.29, 1.82) is 0 Å². The molecular formula is C5H7BN4. The lowest BCUT2D eigenvalue weighted by Crippen LogP contribution is -2.16. The summed E-state index contributed by atoms with van der Waals surface area (Å²) in [5, 5.41) is 0. The fourth-order valence-corrected chi connectivity index (χ4v) is 0.641. The normalized spacial score (nSPS) is 9.40. The molecule has 0 fully saturated rings. The van der Waals surface area contributed by atoms with Crippen LogP contribution in [0, 0.1) is 6.92 Å². The van der Waals surface area contributed by atoms with Crippen LogP contribution in [0.15, 0.2) is 6.20 Å². The van der Waals surface area contributed by atoms with Crippen molar-refractivity contribution < 1.29 is 0 Å². The number of nitrogens with zero attached hydrogens (tertiary/aromatic N) is 2. The van der Waals surface area contributed by atoms with Gasteiger partial charge in [-0.2, -0.15) is 0 Å². The highest BCUT2D eigenvalue weighted by molar-refractivity contribution is 6.30. The molecule has 10 heavy (non-hydrogen) atoms. The Labute approximate surface area is 60.2 Å². The molecule has 0 amide bonds. The average Bonchev–Trinajstić information content (AvgIpc) is 1.88. The number of anilines is 1. The number of hydrogen-bond acceptors (Lipinski definition) is 4. The van der Waals surface area contributed by atoms with Crippen LogP contribution < -0.4 is 16.9 Å². The van der Waals surface area contributed by atoms with Gasteiger partial charge in [-0.1, -0.05) is 0 Å². The van der Waals surface area contributed by atoms with Gasteiger partial charge in [0.2, 0.25) is 0 Å². The lowest BCUT2D eigenvalue weighted by atomic mass is 10.1. The predicted octanol–water partition coefficient (Wildman–Crippen LogP) is -1.14. The Hall–Kier alpha value is -1.10. The van der Waals surface area contributed by atoms with Gasteiger partial charge >= 0.3 is 0 Å². The molecule has 0 bridgehead atoms. The van der Waals surface area contributed by atoms with E-state index in [4.69, 9.17) is 13.7 Å². The number of hydrazine groups is 1. The van der Waals surface area contributed by atoms with Crippen LogP contribution in [-0.4, -0.2) is 17.8 Å². The molecule has 0 saturated heterocycles.